The van der Waals surface area contributed by atoms with Crippen LogP contribution in [0.1, 0.15) is 11.3 Å². The van der Waals surface area contributed by atoms with E-state index in [2.05, 4.69) is 24.4 Å². The number of methoxy groups -OCH3 is 1. The number of hydrogen-bond acceptors (Lipinski definition) is 7. The Bertz CT molecular complexity index is 1320. The zero-order chi connectivity index (χ0) is 24.6. The van der Waals surface area contributed by atoms with Crippen LogP contribution in [0.15, 0.2) is 59.9 Å². The van der Waals surface area contributed by atoms with E-state index in [1.54, 1.807) is 19.4 Å². The highest BCUT2D eigenvalue weighted by Gasteiger charge is 2.63. The molecule has 0 bridgehead atoms. The fourth-order valence-corrected chi connectivity index (χ4v) is 4.32. The lowest BCUT2D eigenvalue weighted by Crippen LogP contribution is -2.51. The molecular formula is C23H17ClF3N3O4S. The largest absolute Gasteiger partial charge is 0.493 e. The van der Waals surface area contributed by atoms with Crippen molar-refractivity contribution in [1.82, 2.24) is 15.0 Å². The number of benzene rings is 2. The maximum absolute atomic E-state index is 13.9. The molecule has 1 aliphatic heterocycles. The minimum atomic E-state index is -4.36. The molecule has 0 spiro atoms. The number of rotatable bonds is 7. The van der Waals surface area contributed by atoms with Gasteiger partial charge in [-0.05, 0) is 17.2 Å². The molecule has 182 valence electrons. The van der Waals surface area contributed by atoms with Crippen LogP contribution in [0, 0.1) is 0 Å². The number of thioether (sulfide) groups is 1. The molecule has 1 unspecified atom stereocenters. The van der Waals surface area contributed by atoms with Gasteiger partial charge in [0.05, 0.1) is 23.8 Å². The van der Waals surface area contributed by atoms with Crippen molar-refractivity contribution in [3.8, 4) is 23.0 Å². The standard InChI is InChI=1S/C23H17ClF3N3O4S/c1-31-17-7-8-28-16(20(17)32-11-13-5-3-2-4-6-13)12-35-21-29-14-9-18-19(10-15(14)30-21)34-23(26,27)22(24,25)33-18/h2-10H,11-12H2,1H3,(H,29,30). The van der Waals surface area contributed by atoms with Crippen LogP contribution in [-0.2, 0) is 12.4 Å². The van der Waals surface area contributed by atoms with Crippen LogP contribution in [0.3, 0.4) is 0 Å². The van der Waals surface area contributed by atoms with Crippen LogP contribution in [0.25, 0.3) is 11.0 Å². The van der Waals surface area contributed by atoms with E-state index in [4.69, 9.17) is 21.1 Å². The van der Waals surface area contributed by atoms with Gasteiger partial charge >= 0.3 is 11.4 Å². The summed E-state index contributed by atoms with van der Waals surface area (Å²) in [6, 6.07) is 13.9. The summed E-state index contributed by atoms with van der Waals surface area (Å²) in [5, 5.41) is -3.36. The molecule has 35 heavy (non-hydrogen) atoms. The smallest absolute Gasteiger partial charge is 0.488 e. The summed E-state index contributed by atoms with van der Waals surface area (Å²) < 4.78 is 61.9. The Kier molecular flexibility index (Phi) is 6.06. The lowest BCUT2D eigenvalue weighted by molar-refractivity contribution is -0.303. The number of alkyl halides is 4. The molecule has 0 aliphatic carbocycles. The number of pyridine rings is 1. The molecule has 2 aromatic heterocycles. The number of aromatic nitrogens is 3. The molecule has 1 N–H and O–H groups in total. The Labute approximate surface area is 206 Å². The third kappa shape index (κ3) is 4.65. The van der Waals surface area contributed by atoms with E-state index in [0.29, 0.717) is 45.7 Å². The van der Waals surface area contributed by atoms with Crippen LogP contribution in [0.4, 0.5) is 13.2 Å². The Balaban J connectivity index is 1.36. The number of imidazole rings is 1. The van der Waals surface area contributed by atoms with Gasteiger partial charge < -0.3 is 23.9 Å². The van der Waals surface area contributed by atoms with Crippen molar-refractivity contribution in [3.05, 3.63) is 66.0 Å². The van der Waals surface area contributed by atoms with Crippen molar-refractivity contribution in [2.45, 2.75) is 28.9 Å². The van der Waals surface area contributed by atoms with Gasteiger partial charge in [0.1, 0.15) is 6.61 Å². The van der Waals surface area contributed by atoms with E-state index in [1.165, 1.54) is 23.9 Å². The summed E-state index contributed by atoms with van der Waals surface area (Å²) in [5.74, 6) is 0.761. The van der Waals surface area contributed by atoms with Gasteiger partial charge in [-0.2, -0.15) is 13.2 Å². The van der Waals surface area contributed by atoms with Crippen molar-refractivity contribution in [2.75, 3.05) is 7.11 Å². The van der Waals surface area contributed by atoms with Crippen molar-refractivity contribution < 1.29 is 32.1 Å². The summed E-state index contributed by atoms with van der Waals surface area (Å²) in [6.07, 6.45) is -2.75. The number of aromatic amines is 1. The van der Waals surface area contributed by atoms with E-state index in [0.717, 1.165) is 5.56 Å². The number of H-pyrrole nitrogens is 1. The molecule has 1 aliphatic rings. The summed E-state index contributed by atoms with van der Waals surface area (Å²) in [6.45, 7) is 0.331. The molecule has 7 nitrogen and oxygen atoms in total. The molecule has 2 aromatic carbocycles. The van der Waals surface area contributed by atoms with Gasteiger partial charge in [-0.1, -0.05) is 42.1 Å². The molecule has 0 amide bonds. The van der Waals surface area contributed by atoms with Gasteiger partial charge in [-0.3, -0.25) is 4.98 Å². The quantitative estimate of drug-likeness (QED) is 0.233. The number of ether oxygens (including phenoxy) is 4. The second-order valence-electron chi connectivity index (χ2n) is 7.45. The van der Waals surface area contributed by atoms with Crippen LogP contribution in [0.5, 0.6) is 23.0 Å². The zero-order valence-corrected chi connectivity index (χ0v) is 19.6. The predicted molar refractivity (Wildman–Crippen MR) is 123 cm³/mol. The average Bonchev–Trinajstić information content (AvgIpc) is 3.22. The first kappa shape index (κ1) is 23.4. The summed E-state index contributed by atoms with van der Waals surface area (Å²) in [4.78, 5) is 11.8. The highest BCUT2D eigenvalue weighted by Crippen LogP contribution is 2.49. The fourth-order valence-electron chi connectivity index (χ4n) is 3.37. The van der Waals surface area contributed by atoms with E-state index in [1.807, 2.05) is 30.3 Å². The van der Waals surface area contributed by atoms with Crippen molar-refractivity contribution >= 4 is 34.4 Å². The lowest BCUT2D eigenvalue weighted by atomic mass is 10.2. The minimum absolute atomic E-state index is 0.282. The first-order chi connectivity index (χ1) is 16.8. The Hall–Kier alpha value is -3.31. The Morgan fingerprint density at radius 2 is 1.86 bits per heavy atom. The Morgan fingerprint density at radius 1 is 1.09 bits per heavy atom. The molecule has 1 atom stereocenters. The predicted octanol–water partition coefficient (Wildman–Crippen LogP) is 6.06. The maximum Gasteiger partial charge on any atom is 0.488 e. The van der Waals surface area contributed by atoms with E-state index in [9.17, 15) is 13.2 Å². The SMILES string of the molecule is COc1ccnc(CSc2nc3cc4c(cc3[nH]2)OC(F)(F)C(F)(Cl)O4)c1OCc1ccccc1. The first-order valence-electron chi connectivity index (χ1n) is 10.2. The van der Waals surface area contributed by atoms with Crippen LogP contribution in [-0.4, -0.2) is 33.5 Å². The van der Waals surface area contributed by atoms with Gasteiger partial charge in [0, 0.05) is 30.1 Å². The third-order valence-electron chi connectivity index (χ3n) is 5.07. The maximum atomic E-state index is 13.9. The highest BCUT2D eigenvalue weighted by molar-refractivity contribution is 7.98. The number of hydrogen-bond donors (Lipinski definition) is 1. The molecule has 0 radical (unpaired) electrons. The second-order valence-corrected chi connectivity index (χ2v) is 8.90. The van der Waals surface area contributed by atoms with E-state index < -0.39 is 11.4 Å². The summed E-state index contributed by atoms with van der Waals surface area (Å²) in [5.41, 5.74) is 2.36. The van der Waals surface area contributed by atoms with Crippen molar-refractivity contribution in [2.24, 2.45) is 0 Å². The Morgan fingerprint density at radius 3 is 2.63 bits per heavy atom. The number of halogens is 4. The van der Waals surface area contributed by atoms with Gasteiger partial charge in [-0.25, -0.2) is 4.98 Å². The zero-order valence-electron chi connectivity index (χ0n) is 18.1. The summed E-state index contributed by atoms with van der Waals surface area (Å²) >= 11 is 6.45. The molecule has 3 heterocycles. The molecule has 0 fully saturated rings. The summed E-state index contributed by atoms with van der Waals surface area (Å²) in [7, 11) is 1.54. The second kappa shape index (κ2) is 9.04. The van der Waals surface area contributed by atoms with Gasteiger partial charge in [-0.15, -0.1) is 0 Å². The average molecular weight is 524 g/mol. The monoisotopic (exact) mass is 523 g/mol. The molecule has 4 aromatic rings. The lowest BCUT2D eigenvalue weighted by Gasteiger charge is -2.33. The number of nitrogens with zero attached hydrogens (tertiary/aromatic N) is 2. The topological polar surface area (TPSA) is 78.5 Å². The molecule has 0 saturated heterocycles. The fraction of sp³-hybridized carbons (Fsp3) is 0.217. The number of fused-ring (bicyclic) bond motifs is 2. The molecular weight excluding hydrogens is 507 g/mol. The molecule has 12 heteroatoms. The first-order valence-corrected chi connectivity index (χ1v) is 11.6. The van der Waals surface area contributed by atoms with Crippen molar-refractivity contribution in [1.29, 1.82) is 0 Å². The van der Waals surface area contributed by atoms with Crippen LogP contribution < -0.4 is 18.9 Å². The van der Waals surface area contributed by atoms with Gasteiger partial charge in [0.25, 0.3) is 0 Å². The van der Waals surface area contributed by atoms with Gasteiger partial charge in [0.2, 0.25) is 0 Å². The third-order valence-corrected chi connectivity index (χ3v) is 6.26. The minimum Gasteiger partial charge on any atom is -0.493 e. The van der Waals surface area contributed by atoms with Crippen LogP contribution >= 0.6 is 23.4 Å². The highest BCUT2D eigenvalue weighted by atomic mass is 35.5. The number of nitrogens with one attached hydrogen (secondary N) is 1. The van der Waals surface area contributed by atoms with Gasteiger partial charge in [0.15, 0.2) is 28.2 Å². The van der Waals surface area contributed by atoms with Crippen molar-refractivity contribution in [3.63, 3.8) is 0 Å². The van der Waals surface area contributed by atoms with E-state index in [-0.39, 0.29) is 11.5 Å². The van der Waals surface area contributed by atoms with E-state index >= 15 is 0 Å². The normalized spacial score (nSPS) is 18.4. The van der Waals surface area contributed by atoms with Crippen LogP contribution in [0.2, 0.25) is 0 Å². The molecule has 0 saturated carbocycles. The molecule has 5 rings (SSSR count).